The van der Waals surface area contributed by atoms with Crippen LogP contribution in [0.5, 0.6) is 0 Å². The number of nitrogens with zero attached hydrogens (tertiary/aromatic N) is 1. The Labute approximate surface area is 136 Å². The Hall–Kier alpha value is -2.36. The average Bonchev–Trinajstić information content (AvgIpc) is 2.86. The monoisotopic (exact) mass is 310 g/mol. The molecular formula is C19H22N2O2. The summed E-state index contributed by atoms with van der Waals surface area (Å²) in [5.41, 5.74) is 1.16. The van der Waals surface area contributed by atoms with Gasteiger partial charge in [-0.25, -0.2) is 4.79 Å². The SMILES string of the molecule is CC[C@H](C)[C@@H]1NC(=O)N(CCc2cccc3ccccc23)C1=O. The molecule has 0 bridgehead atoms. The third-order valence-electron chi connectivity index (χ3n) is 4.75. The Bertz CT molecular complexity index is 736. The van der Waals surface area contributed by atoms with Gasteiger partial charge in [-0.1, -0.05) is 62.7 Å². The first-order valence-corrected chi connectivity index (χ1v) is 8.20. The summed E-state index contributed by atoms with van der Waals surface area (Å²) in [5, 5.41) is 5.18. The van der Waals surface area contributed by atoms with Crippen LogP contribution in [0.15, 0.2) is 42.5 Å². The number of imide groups is 1. The molecule has 1 heterocycles. The van der Waals surface area contributed by atoms with Crippen LogP contribution < -0.4 is 5.32 Å². The molecule has 1 fully saturated rings. The van der Waals surface area contributed by atoms with E-state index < -0.39 is 0 Å². The standard InChI is InChI=1S/C19H22N2O2/c1-3-13(2)17-18(22)21(19(23)20-17)12-11-15-9-6-8-14-7-4-5-10-16(14)15/h4-10,13,17H,3,11-12H2,1-2H3,(H,20,23)/t13-,17-/m0/s1. The van der Waals surface area contributed by atoms with Crippen molar-refractivity contribution in [3.05, 3.63) is 48.0 Å². The topological polar surface area (TPSA) is 49.4 Å². The maximum Gasteiger partial charge on any atom is 0.324 e. The number of carbonyl (C=O) groups is 2. The fourth-order valence-corrected chi connectivity index (χ4v) is 3.12. The first-order chi connectivity index (χ1) is 11.1. The summed E-state index contributed by atoms with van der Waals surface area (Å²) in [7, 11) is 0. The lowest BCUT2D eigenvalue weighted by Gasteiger charge is -2.16. The van der Waals surface area contributed by atoms with Crippen molar-refractivity contribution < 1.29 is 9.59 Å². The van der Waals surface area contributed by atoms with Gasteiger partial charge in [0.15, 0.2) is 0 Å². The second kappa shape index (κ2) is 6.41. The average molecular weight is 310 g/mol. The maximum absolute atomic E-state index is 12.4. The number of amides is 3. The predicted octanol–water partition coefficient (Wildman–Crippen LogP) is 3.35. The number of hydrogen-bond donors (Lipinski definition) is 1. The molecule has 0 aromatic heterocycles. The molecule has 2 aromatic carbocycles. The van der Waals surface area contributed by atoms with Crippen LogP contribution in [-0.4, -0.2) is 29.4 Å². The van der Waals surface area contributed by atoms with E-state index in [2.05, 4.69) is 29.6 Å². The molecule has 0 aliphatic carbocycles. The van der Waals surface area contributed by atoms with Gasteiger partial charge in [0.2, 0.25) is 0 Å². The number of benzene rings is 2. The lowest BCUT2D eigenvalue weighted by atomic mass is 9.99. The van der Waals surface area contributed by atoms with Crippen LogP contribution in [0, 0.1) is 5.92 Å². The maximum atomic E-state index is 12.4. The van der Waals surface area contributed by atoms with Gasteiger partial charge in [0.1, 0.15) is 6.04 Å². The minimum absolute atomic E-state index is 0.0930. The summed E-state index contributed by atoms with van der Waals surface area (Å²) in [5.74, 6) is 0.0681. The van der Waals surface area contributed by atoms with Crippen LogP contribution in [0.25, 0.3) is 10.8 Å². The van der Waals surface area contributed by atoms with E-state index in [1.807, 2.05) is 32.0 Å². The van der Waals surface area contributed by atoms with E-state index in [-0.39, 0.29) is 23.9 Å². The molecule has 0 saturated carbocycles. The number of carbonyl (C=O) groups excluding carboxylic acids is 2. The molecular weight excluding hydrogens is 288 g/mol. The molecule has 4 nitrogen and oxygen atoms in total. The summed E-state index contributed by atoms with van der Waals surface area (Å²) < 4.78 is 0. The molecule has 3 amide bonds. The van der Waals surface area contributed by atoms with E-state index in [0.29, 0.717) is 13.0 Å². The highest BCUT2D eigenvalue weighted by Gasteiger charge is 2.39. The predicted molar refractivity (Wildman–Crippen MR) is 91.1 cm³/mol. The van der Waals surface area contributed by atoms with Crippen molar-refractivity contribution in [3.63, 3.8) is 0 Å². The van der Waals surface area contributed by atoms with Crippen LogP contribution in [-0.2, 0) is 11.2 Å². The van der Waals surface area contributed by atoms with Crippen LogP contribution in [0.4, 0.5) is 4.79 Å². The lowest BCUT2D eigenvalue weighted by molar-refractivity contribution is -0.128. The molecule has 23 heavy (non-hydrogen) atoms. The first-order valence-electron chi connectivity index (χ1n) is 8.20. The summed E-state index contributed by atoms with van der Waals surface area (Å²) in [6.07, 6.45) is 1.54. The summed E-state index contributed by atoms with van der Waals surface area (Å²) >= 11 is 0. The van der Waals surface area contributed by atoms with Crippen LogP contribution in [0.2, 0.25) is 0 Å². The zero-order valence-corrected chi connectivity index (χ0v) is 13.6. The first kappa shape index (κ1) is 15.5. The van der Waals surface area contributed by atoms with Crippen molar-refractivity contribution in [1.29, 1.82) is 0 Å². The van der Waals surface area contributed by atoms with E-state index >= 15 is 0 Å². The van der Waals surface area contributed by atoms with E-state index in [9.17, 15) is 9.59 Å². The molecule has 0 radical (unpaired) electrons. The normalized spacial score (nSPS) is 19.2. The quantitative estimate of drug-likeness (QED) is 0.861. The van der Waals surface area contributed by atoms with Crippen LogP contribution >= 0.6 is 0 Å². The highest BCUT2D eigenvalue weighted by Crippen LogP contribution is 2.21. The van der Waals surface area contributed by atoms with Crippen molar-refractivity contribution in [2.45, 2.75) is 32.7 Å². The third-order valence-corrected chi connectivity index (χ3v) is 4.75. The van der Waals surface area contributed by atoms with Gasteiger partial charge in [-0.15, -0.1) is 0 Å². The smallest absolute Gasteiger partial charge is 0.324 e. The number of urea groups is 1. The molecule has 4 heteroatoms. The van der Waals surface area contributed by atoms with Gasteiger partial charge in [-0.3, -0.25) is 9.69 Å². The Morgan fingerprint density at radius 3 is 2.65 bits per heavy atom. The van der Waals surface area contributed by atoms with Gasteiger partial charge in [0.05, 0.1) is 0 Å². The van der Waals surface area contributed by atoms with Crippen molar-refractivity contribution >= 4 is 22.7 Å². The molecule has 1 aliphatic rings. The lowest BCUT2D eigenvalue weighted by Crippen LogP contribution is -2.36. The Kier molecular flexibility index (Phi) is 4.33. The van der Waals surface area contributed by atoms with Gasteiger partial charge in [0, 0.05) is 6.54 Å². The second-order valence-corrected chi connectivity index (χ2v) is 6.19. The molecule has 3 rings (SSSR count). The van der Waals surface area contributed by atoms with E-state index in [1.165, 1.54) is 15.7 Å². The molecule has 2 atom stereocenters. The van der Waals surface area contributed by atoms with Crippen molar-refractivity contribution in [3.8, 4) is 0 Å². The van der Waals surface area contributed by atoms with Crippen molar-refractivity contribution in [2.75, 3.05) is 6.54 Å². The zero-order valence-electron chi connectivity index (χ0n) is 13.6. The fraction of sp³-hybridized carbons (Fsp3) is 0.368. The Balaban J connectivity index is 1.75. The van der Waals surface area contributed by atoms with Crippen LogP contribution in [0.3, 0.4) is 0 Å². The number of nitrogens with one attached hydrogen (secondary N) is 1. The van der Waals surface area contributed by atoms with Crippen molar-refractivity contribution in [2.24, 2.45) is 5.92 Å². The van der Waals surface area contributed by atoms with Crippen molar-refractivity contribution in [1.82, 2.24) is 10.2 Å². The van der Waals surface area contributed by atoms with Gasteiger partial charge in [-0.05, 0) is 28.7 Å². The van der Waals surface area contributed by atoms with Crippen LogP contribution in [0.1, 0.15) is 25.8 Å². The summed E-state index contributed by atoms with van der Waals surface area (Å²) in [4.78, 5) is 25.9. The molecule has 1 saturated heterocycles. The number of rotatable bonds is 5. The molecule has 0 spiro atoms. The zero-order chi connectivity index (χ0) is 16.4. The number of fused-ring (bicyclic) bond motifs is 1. The van der Waals surface area contributed by atoms with Gasteiger partial charge in [0.25, 0.3) is 5.91 Å². The fourth-order valence-electron chi connectivity index (χ4n) is 3.12. The molecule has 2 aromatic rings. The summed E-state index contributed by atoms with van der Waals surface area (Å²) in [6, 6.07) is 13.7. The van der Waals surface area contributed by atoms with Gasteiger partial charge in [-0.2, -0.15) is 0 Å². The van der Waals surface area contributed by atoms with E-state index in [4.69, 9.17) is 0 Å². The van der Waals surface area contributed by atoms with E-state index in [0.717, 1.165) is 12.0 Å². The van der Waals surface area contributed by atoms with E-state index in [1.54, 1.807) is 0 Å². The minimum Gasteiger partial charge on any atom is -0.326 e. The second-order valence-electron chi connectivity index (χ2n) is 6.19. The molecule has 120 valence electrons. The largest absolute Gasteiger partial charge is 0.326 e. The summed E-state index contributed by atoms with van der Waals surface area (Å²) in [6.45, 7) is 4.45. The Morgan fingerprint density at radius 2 is 1.87 bits per heavy atom. The number of hydrogen-bond acceptors (Lipinski definition) is 2. The molecule has 0 unspecified atom stereocenters. The highest BCUT2D eigenvalue weighted by atomic mass is 16.2. The Morgan fingerprint density at radius 1 is 1.13 bits per heavy atom. The minimum atomic E-state index is -0.375. The molecule has 1 aliphatic heterocycles. The third kappa shape index (κ3) is 2.93. The van der Waals surface area contributed by atoms with Gasteiger partial charge < -0.3 is 5.32 Å². The highest BCUT2D eigenvalue weighted by molar-refractivity contribution is 6.04. The van der Waals surface area contributed by atoms with Gasteiger partial charge >= 0.3 is 6.03 Å². The molecule has 1 N–H and O–H groups in total.